The van der Waals surface area contributed by atoms with E-state index in [9.17, 15) is 4.79 Å². The van der Waals surface area contributed by atoms with Crippen molar-refractivity contribution in [2.75, 3.05) is 13.1 Å². The van der Waals surface area contributed by atoms with E-state index in [2.05, 4.69) is 9.83 Å². The molecule has 0 aromatic carbocycles. The van der Waals surface area contributed by atoms with Crippen molar-refractivity contribution < 1.29 is 9.53 Å². The number of amides is 1. The van der Waals surface area contributed by atoms with Crippen LogP contribution < -0.4 is 0 Å². The lowest BCUT2D eigenvalue weighted by atomic mass is 9.91. The van der Waals surface area contributed by atoms with Crippen molar-refractivity contribution in [2.45, 2.75) is 45.1 Å². The Kier molecular flexibility index (Phi) is 4.46. The second kappa shape index (κ2) is 6.13. The maximum atomic E-state index is 12.0. The zero-order valence-electron chi connectivity index (χ0n) is 12.8. The molecule has 1 fully saturated rings. The van der Waals surface area contributed by atoms with Gasteiger partial charge < -0.3 is 14.5 Å². The molecule has 1 saturated heterocycles. The van der Waals surface area contributed by atoms with Gasteiger partial charge in [0, 0.05) is 13.1 Å². The van der Waals surface area contributed by atoms with Crippen LogP contribution in [0.3, 0.4) is 0 Å². The van der Waals surface area contributed by atoms with Gasteiger partial charge in [0.15, 0.2) is 0 Å². The van der Waals surface area contributed by atoms with E-state index in [-0.39, 0.29) is 6.09 Å². The molecule has 1 aliphatic heterocycles. The van der Waals surface area contributed by atoms with Crippen molar-refractivity contribution in [1.29, 1.82) is 0 Å². The third-order valence-electron chi connectivity index (χ3n) is 3.50. The van der Waals surface area contributed by atoms with Crippen molar-refractivity contribution >= 4 is 11.9 Å². The Morgan fingerprint density at radius 2 is 2.05 bits per heavy atom. The number of nitrogens with zero attached hydrogens (tertiary/aromatic N) is 3. The Hall–Kier alpha value is -2.09. The van der Waals surface area contributed by atoms with Gasteiger partial charge in [0.2, 0.25) is 0 Å². The summed E-state index contributed by atoms with van der Waals surface area (Å²) in [7, 11) is 0. The van der Waals surface area contributed by atoms with E-state index in [1.165, 1.54) is 0 Å². The predicted molar refractivity (Wildman–Crippen MR) is 80.3 cm³/mol. The number of piperidine rings is 1. The Morgan fingerprint density at radius 1 is 1.38 bits per heavy atom. The first-order valence-corrected chi connectivity index (χ1v) is 7.20. The monoisotopic (exact) mass is 287 g/mol. The summed E-state index contributed by atoms with van der Waals surface area (Å²) >= 11 is 0. The predicted octanol–water partition coefficient (Wildman–Crippen LogP) is 3.75. The Morgan fingerprint density at radius 3 is 2.52 bits per heavy atom. The second-order valence-electron chi connectivity index (χ2n) is 6.30. The molecule has 2 heterocycles. The number of carbonyl (C=O) groups is 1. The van der Waals surface area contributed by atoms with Gasteiger partial charge in [-0.3, -0.25) is 0 Å². The van der Waals surface area contributed by atoms with E-state index in [0.29, 0.717) is 24.8 Å². The third kappa shape index (κ3) is 4.19. The molecule has 1 aromatic rings. The average molecular weight is 287 g/mol. The van der Waals surface area contributed by atoms with Gasteiger partial charge in [0.1, 0.15) is 11.8 Å². The van der Waals surface area contributed by atoms with Crippen LogP contribution in [0.4, 0.5) is 10.6 Å². The number of hydrogen-bond acceptors (Lipinski definition) is 3. The largest absolute Gasteiger partial charge is 0.444 e. The van der Waals surface area contributed by atoms with E-state index in [0.717, 1.165) is 18.4 Å². The number of likely N-dealkylation sites (tertiary alicyclic amines) is 1. The zero-order valence-corrected chi connectivity index (χ0v) is 12.8. The van der Waals surface area contributed by atoms with Gasteiger partial charge in [-0.15, -0.1) is 4.98 Å². The molecule has 0 saturated carbocycles. The molecule has 21 heavy (non-hydrogen) atoms. The molecular formula is C16H21N3O2. The van der Waals surface area contributed by atoms with Gasteiger partial charge in [0.05, 0.1) is 0 Å². The summed E-state index contributed by atoms with van der Waals surface area (Å²) in [6.07, 6.45) is 3.35. The minimum Gasteiger partial charge on any atom is -0.444 e. The summed E-state index contributed by atoms with van der Waals surface area (Å²) in [5, 5.41) is 0. The molecule has 1 aromatic heterocycles. The minimum atomic E-state index is -0.451. The second-order valence-corrected chi connectivity index (χ2v) is 6.30. The highest BCUT2D eigenvalue weighted by Crippen LogP contribution is 2.29. The molecule has 0 N–H and O–H groups in total. The third-order valence-corrected chi connectivity index (χ3v) is 3.50. The fourth-order valence-corrected chi connectivity index (χ4v) is 2.43. The van der Waals surface area contributed by atoms with Gasteiger partial charge >= 0.3 is 6.09 Å². The number of hydrogen-bond donors (Lipinski definition) is 0. The summed E-state index contributed by atoms with van der Waals surface area (Å²) in [5.41, 5.74) is 0.694. The number of carbonyl (C=O) groups excluding carboxylic acids is 1. The van der Waals surface area contributed by atoms with Gasteiger partial charge in [-0.05, 0) is 51.2 Å². The SMILES string of the molecule is [C-]#[N+]c1ccc(C2CCN(C(=O)OC(C)(C)C)CC2)cn1. The van der Waals surface area contributed by atoms with Crippen molar-refractivity contribution in [2.24, 2.45) is 0 Å². The summed E-state index contributed by atoms with van der Waals surface area (Å²) < 4.78 is 5.39. The van der Waals surface area contributed by atoms with E-state index >= 15 is 0 Å². The molecule has 0 bridgehead atoms. The molecule has 0 radical (unpaired) electrons. The highest BCUT2D eigenvalue weighted by molar-refractivity contribution is 5.68. The number of ether oxygens (including phenoxy) is 1. The van der Waals surface area contributed by atoms with E-state index in [1.54, 1.807) is 17.2 Å². The molecule has 1 aliphatic rings. The average Bonchev–Trinajstić information content (AvgIpc) is 2.46. The van der Waals surface area contributed by atoms with Crippen molar-refractivity contribution in [3.63, 3.8) is 0 Å². The Bertz CT molecular complexity index is 532. The lowest BCUT2D eigenvalue weighted by molar-refractivity contribution is 0.0205. The molecule has 5 nitrogen and oxygen atoms in total. The lowest BCUT2D eigenvalue weighted by Gasteiger charge is -2.33. The first kappa shape index (κ1) is 15.3. The van der Waals surface area contributed by atoms with Crippen molar-refractivity contribution in [1.82, 2.24) is 9.88 Å². The molecular weight excluding hydrogens is 266 g/mol. The number of aromatic nitrogens is 1. The van der Waals surface area contributed by atoms with Crippen LogP contribution in [0.1, 0.15) is 45.1 Å². The van der Waals surface area contributed by atoms with Crippen LogP contribution >= 0.6 is 0 Å². The summed E-state index contributed by atoms with van der Waals surface area (Å²) in [6.45, 7) is 13.9. The van der Waals surface area contributed by atoms with Crippen molar-refractivity contribution in [3.05, 3.63) is 35.3 Å². The maximum Gasteiger partial charge on any atom is 0.410 e. The maximum absolute atomic E-state index is 12.0. The first-order chi connectivity index (χ1) is 9.89. The molecule has 112 valence electrons. The van der Waals surface area contributed by atoms with Gasteiger partial charge in [0.25, 0.3) is 5.82 Å². The first-order valence-electron chi connectivity index (χ1n) is 7.20. The molecule has 5 heteroatoms. The summed E-state index contributed by atoms with van der Waals surface area (Å²) in [6, 6.07) is 3.72. The van der Waals surface area contributed by atoms with E-state index in [1.807, 2.05) is 26.8 Å². The van der Waals surface area contributed by atoms with E-state index in [4.69, 9.17) is 11.3 Å². The highest BCUT2D eigenvalue weighted by Gasteiger charge is 2.27. The minimum absolute atomic E-state index is 0.234. The van der Waals surface area contributed by atoms with Crippen LogP contribution in [-0.2, 0) is 4.74 Å². The fraction of sp³-hybridized carbons (Fsp3) is 0.562. The van der Waals surface area contributed by atoms with Crippen LogP contribution in [-0.4, -0.2) is 34.7 Å². The van der Waals surface area contributed by atoms with Crippen LogP contribution in [0, 0.1) is 6.57 Å². The van der Waals surface area contributed by atoms with Gasteiger partial charge in [-0.1, -0.05) is 12.6 Å². The topological polar surface area (TPSA) is 46.8 Å². The molecule has 0 atom stereocenters. The molecule has 2 rings (SSSR count). The van der Waals surface area contributed by atoms with Gasteiger partial charge in [-0.2, -0.15) is 0 Å². The standard InChI is InChI=1S/C16H21N3O2/c1-16(2,3)21-15(20)19-9-7-12(8-10-19)13-5-6-14(17-4)18-11-13/h5-6,11-12H,7-10H2,1-3H3. The summed E-state index contributed by atoms with van der Waals surface area (Å²) in [5.74, 6) is 0.820. The van der Waals surface area contributed by atoms with Crippen molar-refractivity contribution in [3.8, 4) is 0 Å². The normalized spacial score (nSPS) is 16.4. The zero-order chi connectivity index (χ0) is 15.5. The molecule has 0 unspecified atom stereocenters. The van der Waals surface area contributed by atoms with Crippen LogP contribution in [0.15, 0.2) is 18.3 Å². The summed E-state index contributed by atoms with van der Waals surface area (Å²) in [4.78, 5) is 21.2. The van der Waals surface area contributed by atoms with Crippen LogP contribution in [0.25, 0.3) is 4.85 Å². The van der Waals surface area contributed by atoms with Crippen LogP contribution in [0.5, 0.6) is 0 Å². The number of rotatable bonds is 1. The Balaban J connectivity index is 1.91. The van der Waals surface area contributed by atoms with Gasteiger partial charge in [-0.25, -0.2) is 4.79 Å². The smallest absolute Gasteiger partial charge is 0.410 e. The Labute approximate surface area is 125 Å². The molecule has 0 aliphatic carbocycles. The van der Waals surface area contributed by atoms with E-state index < -0.39 is 5.60 Å². The fourth-order valence-electron chi connectivity index (χ4n) is 2.43. The number of pyridine rings is 1. The quantitative estimate of drug-likeness (QED) is 0.739. The molecule has 1 amide bonds. The van der Waals surface area contributed by atoms with Crippen LogP contribution in [0.2, 0.25) is 0 Å². The lowest BCUT2D eigenvalue weighted by Crippen LogP contribution is -2.41. The highest BCUT2D eigenvalue weighted by atomic mass is 16.6. The molecule has 0 spiro atoms.